The second-order valence-corrected chi connectivity index (χ2v) is 7.13. The monoisotopic (exact) mass is 288 g/mol. The summed E-state index contributed by atoms with van der Waals surface area (Å²) >= 11 is 0. The van der Waals surface area contributed by atoms with Gasteiger partial charge in [0.2, 0.25) is 0 Å². The lowest BCUT2D eigenvalue weighted by molar-refractivity contribution is 0.303. The third-order valence-corrected chi connectivity index (χ3v) is 5.86. The van der Waals surface area contributed by atoms with Crippen molar-refractivity contribution in [1.82, 2.24) is 0 Å². The molecule has 0 bridgehead atoms. The molecule has 0 aliphatic heterocycles. The van der Waals surface area contributed by atoms with E-state index in [9.17, 15) is 0 Å². The Morgan fingerprint density at radius 1 is 0.810 bits per heavy atom. The number of hydrogen-bond acceptors (Lipinski definition) is 2. The smallest absolute Gasteiger partial charge is 0.164 e. The van der Waals surface area contributed by atoms with Crippen molar-refractivity contribution < 1.29 is 9.47 Å². The predicted octanol–water partition coefficient (Wildman–Crippen LogP) is 5.14. The molecule has 0 fully saturated rings. The average molecular weight is 288 g/mol. The molecule has 0 saturated heterocycles. The average Bonchev–Trinajstić information content (AvgIpc) is 2.45. The lowest BCUT2D eigenvalue weighted by Crippen LogP contribution is -2.28. The predicted molar refractivity (Wildman–Crippen MR) is 86.9 cm³/mol. The van der Waals surface area contributed by atoms with Crippen molar-refractivity contribution in [1.29, 1.82) is 0 Å². The fourth-order valence-electron chi connectivity index (χ4n) is 4.98. The molecule has 1 aromatic carbocycles. The van der Waals surface area contributed by atoms with E-state index >= 15 is 0 Å². The molecule has 0 amide bonds. The molecule has 2 aliphatic rings. The van der Waals surface area contributed by atoms with Gasteiger partial charge in [-0.2, -0.15) is 0 Å². The Morgan fingerprint density at radius 3 is 2.10 bits per heavy atom. The Kier molecular flexibility index (Phi) is 3.67. The molecule has 2 aliphatic carbocycles. The molecule has 4 atom stereocenters. The summed E-state index contributed by atoms with van der Waals surface area (Å²) < 4.78 is 11.5. The van der Waals surface area contributed by atoms with Crippen LogP contribution >= 0.6 is 0 Å². The van der Waals surface area contributed by atoms with Crippen LogP contribution in [0.2, 0.25) is 0 Å². The first-order valence-electron chi connectivity index (χ1n) is 8.29. The Labute approximate surface area is 128 Å². The van der Waals surface area contributed by atoms with Crippen LogP contribution in [0, 0.1) is 12.8 Å². The summed E-state index contributed by atoms with van der Waals surface area (Å²) in [5.41, 5.74) is 5.89. The van der Waals surface area contributed by atoms with Gasteiger partial charge in [0.15, 0.2) is 11.5 Å². The van der Waals surface area contributed by atoms with Gasteiger partial charge in [0.1, 0.15) is 0 Å². The lowest BCUT2D eigenvalue weighted by atomic mass is 9.62. The van der Waals surface area contributed by atoms with Crippen molar-refractivity contribution in [2.45, 2.75) is 64.7 Å². The molecular weight excluding hydrogens is 260 g/mol. The van der Waals surface area contributed by atoms with Crippen molar-refractivity contribution >= 4 is 0 Å². The molecule has 0 unspecified atom stereocenters. The first-order valence-corrected chi connectivity index (χ1v) is 8.29. The SMILES string of the molecule is COc1c(C)c2c3c(c1OC)[C@@H](C)CC[C@@H]3[C@@H](C)C[C@@H]2C. The Hall–Kier alpha value is -1.18. The van der Waals surface area contributed by atoms with E-state index in [4.69, 9.17) is 9.47 Å². The second-order valence-electron chi connectivity index (χ2n) is 7.13. The van der Waals surface area contributed by atoms with Crippen molar-refractivity contribution in [2.75, 3.05) is 14.2 Å². The van der Waals surface area contributed by atoms with Crippen molar-refractivity contribution in [3.05, 3.63) is 22.3 Å². The van der Waals surface area contributed by atoms with Gasteiger partial charge in [-0.05, 0) is 66.5 Å². The molecule has 0 N–H and O–H groups in total. The highest BCUT2D eigenvalue weighted by molar-refractivity contribution is 5.64. The second kappa shape index (κ2) is 5.23. The fraction of sp³-hybridized carbons (Fsp3) is 0.684. The molecule has 21 heavy (non-hydrogen) atoms. The minimum atomic E-state index is 0.567. The van der Waals surface area contributed by atoms with Crippen LogP contribution in [-0.4, -0.2) is 14.2 Å². The fourth-order valence-corrected chi connectivity index (χ4v) is 4.98. The summed E-state index contributed by atoms with van der Waals surface area (Å²) in [6.45, 7) is 9.35. The molecule has 2 heteroatoms. The van der Waals surface area contributed by atoms with Crippen molar-refractivity contribution in [3.63, 3.8) is 0 Å². The maximum Gasteiger partial charge on any atom is 0.164 e. The zero-order valence-corrected chi connectivity index (χ0v) is 14.2. The van der Waals surface area contributed by atoms with E-state index in [1.807, 2.05) is 0 Å². The quantitative estimate of drug-likeness (QED) is 0.750. The Balaban J connectivity index is 2.37. The molecule has 3 rings (SSSR count). The van der Waals surface area contributed by atoms with Gasteiger partial charge in [-0.3, -0.25) is 0 Å². The molecule has 0 saturated carbocycles. The largest absolute Gasteiger partial charge is 0.493 e. The molecule has 1 aromatic rings. The van der Waals surface area contributed by atoms with Crippen LogP contribution in [0.25, 0.3) is 0 Å². The van der Waals surface area contributed by atoms with Gasteiger partial charge in [0.25, 0.3) is 0 Å². The number of ether oxygens (including phenoxy) is 2. The zero-order chi connectivity index (χ0) is 15.3. The highest BCUT2D eigenvalue weighted by Crippen LogP contribution is 2.57. The minimum absolute atomic E-state index is 0.567. The van der Waals surface area contributed by atoms with Gasteiger partial charge in [-0.15, -0.1) is 0 Å². The van der Waals surface area contributed by atoms with Gasteiger partial charge < -0.3 is 9.47 Å². The van der Waals surface area contributed by atoms with Gasteiger partial charge >= 0.3 is 0 Å². The van der Waals surface area contributed by atoms with Crippen molar-refractivity contribution in [3.8, 4) is 11.5 Å². The highest BCUT2D eigenvalue weighted by Gasteiger charge is 2.40. The Morgan fingerprint density at radius 2 is 1.48 bits per heavy atom. The van der Waals surface area contributed by atoms with E-state index in [0.717, 1.165) is 17.4 Å². The van der Waals surface area contributed by atoms with Crippen LogP contribution < -0.4 is 9.47 Å². The maximum absolute atomic E-state index is 5.80. The lowest BCUT2D eigenvalue weighted by Gasteiger charge is -2.43. The number of hydrogen-bond donors (Lipinski definition) is 0. The molecule has 0 spiro atoms. The van der Waals surface area contributed by atoms with Crippen LogP contribution in [0.4, 0.5) is 0 Å². The highest BCUT2D eigenvalue weighted by atomic mass is 16.5. The molecule has 0 radical (unpaired) electrons. The third kappa shape index (κ3) is 1.98. The molecule has 2 nitrogen and oxygen atoms in total. The molecular formula is C19H28O2. The zero-order valence-electron chi connectivity index (χ0n) is 14.2. The van der Waals surface area contributed by atoms with Gasteiger partial charge in [-0.25, -0.2) is 0 Å². The van der Waals surface area contributed by atoms with E-state index in [0.29, 0.717) is 17.8 Å². The van der Waals surface area contributed by atoms with E-state index in [1.165, 1.54) is 30.4 Å². The van der Waals surface area contributed by atoms with Gasteiger partial charge in [0.05, 0.1) is 14.2 Å². The van der Waals surface area contributed by atoms with E-state index < -0.39 is 0 Å². The minimum Gasteiger partial charge on any atom is -0.493 e. The molecule has 0 heterocycles. The topological polar surface area (TPSA) is 18.5 Å². The number of benzene rings is 1. The standard InChI is InChI=1S/C19H28O2/c1-10-7-8-14-11(2)9-12(3)15-13(4)18(20-5)19(21-6)16(10)17(14)15/h10-12,14H,7-9H2,1-6H3/t10-,11-,12-,14+/m0/s1. The number of rotatable bonds is 2. The van der Waals surface area contributed by atoms with Crippen LogP contribution in [0.1, 0.15) is 80.0 Å². The summed E-state index contributed by atoms with van der Waals surface area (Å²) in [4.78, 5) is 0. The molecule has 116 valence electrons. The normalized spacial score (nSPS) is 30.8. The summed E-state index contributed by atoms with van der Waals surface area (Å²) in [6, 6.07) is 0. The summed E-state index contributed by atoms with van der Waals surface area (Å²) in [5.74, 6) is 4.62. The van der Waals surface area contributed by atoms with Crippen molar-refractivity contribution in [2.24, 2.45) is 5.92 Å². The van der Waals surface area contributed by atoms with Crippen LogP contribution in [0.5, 0.6) is 11.5 Å². The summed E-state index contributed by atoms with van der Waals surface area (Å²) in [5, 5.41) is 0. The Bertz CT molecular complexity index is 561. The van der Waals surface area contributed by atoms with Gasteiger partial charge in [-0.1, -0.05) is 20.8 Å². The summed E-state index contributed by atoms with van der Waals surface area (Å²) in [7, 11) is 3.55. The van der Waals surface area contributed by atoms with Gasteiger partial charge in [0, 0.05) is 5.56 Å². The van der Waals surface area contributed by atoms with E-state index in [-0.39, 0.29) is 0 Å². The van der Waals surface area contributed by atoms with Crippen LogP contribution in [-0.2, 0) is 0 Å². The van der Waals surface area contributed by atoms with E-state index in [2.05, 4.69) is 27.7 Å². The maximum atomic E-state index is 5.80. The van der Waals surface area contributed by atoms with E-state index in [1.54, 1.807) is 25.3 Å². The third-order valence-electron chi connectivity index (χ3n) is 5.86. The molecule has 0 aromatic heterocycles. The van der Waals surface area contributed by atoms with Crippen LogP contribution in [0.15, 0.2) is 0 Å². The first-order chi connectivity index (χ1) is 10.0. The van der Waals surface area contributed by atoms with Crippen LogP contribution in [0.3, 0.4) is 0 Å². The first kappa shape index (κ1) is 14.7. The summed E-state index contributed by atoms with van der Waals surface area (Å²) in [6.07, 6.45) is 3.88. The number of methoxy groups -OCH3 is 2.